The molecule has 4 heteroatoms. The number of hydrogen-bond acceptors (Lipinski definition) is 2. The zero-order chi connectivity index (χ0) is 14.0. The number of nitrogens with one attached hydrogen (secondary N) is 1. The third-order valence-electron chi connectivity index (χ3n) is 2.99. The molecular formula is C15H15BrN2O. The summed E-state index contributed by atoms with van der Waals surface area (Å²) in [5.41, 5.74) is 9.79. The molecule has 0 saturated heterocycles. The number of nitrogens with two attached hydrogens (primary N) is 1. The largest absolute Gasteiger partial charge is 0.398 e. The maximum Gasteiger partial charge on any atom is 0.256 e. The second-order valence-electron chi connectivity index (χ2n) is 4.43. The maximum atomic E-state index is 12.3. The first-order valence-electron chi connectivity index (χ1n) is 5.92. The van der Waals surface area contributed by atoms with Gasteiger partial charge >= 0.3 is 0 Å². The van der Waals surface area contributed by atoms with Crippen LogP contribution < -0.4 is 11.1 Å². The molecule has 0 bridgehead atoms. The van der Waals surface area contributed by atoms with Crippen LogP contribution in [0.4, 0.5) is 11.4 Å². The maximum absolute atomic E-state index is 12.3. The third-order valence-corrected chi connectivity index (χ3v) is 3.88. The molecule has 0 aliphatic carbocycles. The molecule has 0 heterocycles. The summed E-state index contributed by atoms with van der Waals surface area (Å²) in [5.74, 6) is -0.170. The van der Waals surface area contributed by atoms with Crippen molar-refractivity contribution >= 4 is 33.2 Å². The summed E-state index contributed by atoms with van der Waals surface area (Å²) in [6, 6.07) is 11.2. The van der Waals surface area contributed by atoms with Gasteiger partial charge in [-0.05, 0) is 53.0 Å². The van der Waals surface area contributed by atoms with Gasteiger partial charge in [-0.1, -0.05) is 24.3 Å². The Balaban J connectivity index is 2.34. The lowest BCUT2D eigenvalue weighted by atomic mass is 10.1. The highest BCUT2D eigenvalue weighted by atomic mass is 79.9. The fourth-order valence-electron chi connectivity index (χ4n) is 1.92. The van der Waals surface area contributed by atoms with E-state index >= 15 is 0 Å². The number of rotatable bonds is 2. The van der Waals surface area contributed by atoms with Gasteiger partial charge in [-0.2, -0.15) is 0 Å². The Hall–Kier alpha value is -1.81. The summed E-state index contributed by atoms with van der Waals surface area (Å²) in [5, 5.41) is 2.94. The van der Waals surface area contributed by atoms with Crippen LogP contribution >= 0.6 is 15.9 Å². The molecule has 1 amide bonds. The van der Waals surface area contributed by atoms with Crippen molar-refractivity contribution in [3.8, 4) is 0 Å². The zero-order valence-corrected chi connectivity index (χ0v) is 12.4. The van der Waals surface area contributed by atoms with Gasteiger partial charge in [0, 0.05) is 11.4 Å². The first kappa shape index (κ1) is 13.6. The molecule has 0 unspecified atom stereocenters. The van der Waals surface area contributed by atoms with Crippen molar-refractivity contribution in [1.29, 1.82) is 0 Å². The lowest BCUT2D eigenvalue weighted by molar-refractivity contribution is 0.102. The van der Waals surface area contributed by atoms with Crippen molar-refractivity contribution in [3.05, 3.63) is 57.6 Å². The van der Waals surface area contributed by atoms with Crippen LogP contribution in [0.5, 0.6) is 0 Å². The van der Waals surface area contributed by atoms with E-state index < -0.39 is 0 Å². The topological polar surface area (TPSA) is 55.1 Å². The van der Waals surface area contributed by atoms with Crippen molar-refractivity contribution in [2.45, 2.75) is 13.8 Å². The molecule has 98 valence electrons. The van der Waals surface area contributed by atoms with Gasteiger partial charge < -0.3 is 11.1 Å². The van der Waals surface area contributed by atoms with Crippen LogP contribution in [0, 0.1) is 13.8 Å². The Labute approximate surface area is 121 Å². The van der Waals surface area contributed by atoms with E-state index in [2.05, 4.69) is 21.2 Å². The van der Waals surface area contributed by atoms with Crippen LogP contribution in [-0.2, 0) is 0 Å². The number of para-hydroxylation sites is 1. The fourth-order valence-corrected chi connectivity index (χ4v) is 2.36. The van der Waals surface area contributed by atoms with Crippen molar-refractivity contribution in [3.63, 3.8) is 0 Å². The van der Waals surface area contributed by atoms with Crippen molar-refractivity contribution in [2.24, 2.45) is 0 Å². The Morgan fingerprint density at radius 2 is 1.68 bits per heavy atom. The number of nitrogen functional groups attached to an aromatic ring is 1. The molecule has 0 aliphatic rings. The molecule has 0 saturated carbocycles. The highest BCUT2D eigenvalue weighted by Gasteiger charge is 2.13. The van der Waals surface area contributed by atoms with Gasteiger partial charge in [0.1, 0.15) is 0 Å². The zero-order valence-electron chi connectivity index (χ0n) is 10.8. The smallest absolute Gasteiger partial charge is 0.256 e. The van der Waals surface area contributed by atoms with Crippen LogP contribution in [0.2, 0.25) is 0 Å². The molecule has 0 fully saturated rings. The minimum Gasteiger partial charge on any atom is -0.398 e. The molecule has 19 heavy (non-hydrogen) atoms. The minimum atomic E-state index is -0.170. The number of benzene rings is 2. The van der Waals surface area contributed by atoms with E-state index in [0.717, 1.165) is 16.8 Å². The molecule has 0 aliphatic heterocycles. The Morgan fingerprint density at radius 1 is 1.11 bits per heavy atom. The molecule has 0 spiro atoms. The van der Waals surface area contributed by atoms with E-state index in [1.165, 1.54) is 0 Å². The predicted octanol–water partition coefficient (Wildman–Crippen LogP) is 3.90. The predicted molar refractivity (Wildman–Crippen MR) is 82.4 cm³/mol. The summed E-state index contributed by atoms with van der Waals surface area (Å²) in [7, 11) is 0. The number of aryl methyl sites for hydroxylation is 2. The molecule has 2 aromatic rings. The van der Waals surface area contributed by atoms with Gasteiger partial charge in [0.2, 0.25) is 0 Å². The Morgan fingerprint density at radius 3 is 2.32 bits per heavy atom. The highest BCUT2D eigenvalue weighted by molar-refractivity contribution is 9.10. The second kappa shape index (κ2) is 5.45. The van der Waals surface area contributed by atoms with E-state index in [1.807, 2.05) is 32.0 Å². The van der Waals surface area contributed by atoms with Gasteiger partial charge in [-0.15, -0.1) is 0 Å². The summed E-state index contributed by atoms with van der Waals surface area (Å²) < 4.78 is 0.624. The van der Waals surface area contributed by atoms with E-state index in [9.17, 15) is 4.79 Å². The summed E-state index contributed by atoms with van der Waals surface area (Å²) >= 11 is 3.35. The highest BCUT2D eigenvalue weighted by Crippen LogP contribution is 2.26. The molecule has 2 aromatic carbocycles. The van der Waals surface area contributed by atoms with E-state index in [-0.39, 0.29) is 5.91 Å². The van der Waals surface area contributed by atoms with Crippen LogP contribution in [0.3, 0.4) is 0 Å². The standard InChI is InChI=1S/C15H15BrN2O/c1-9-5-3-6-10(2)14(9)18-15(19)11-7-4-8-12(17)13(11)16/h3-8H,17H2,1-2H3,(H,18,19). The first-order chi connectivity index (χ1) is 9.00. The molecule has 0 atom stereocenters. The molecule has 3 nitrogen and oxygen atoms in total. The van der Waals surface area contributed by atoms with Gasteiger partial charge in [0.15, 0.2) is 0 Å². The molecule has 0 aromatic heterocycles. The van der Waals surface area contributed by atoms with Gasteiger partial charge in [-0.25, -0.2) is 0 Å². The quantitative estimate of drug-likeness (QED) is 0.825. The molecule has 3 N–H and O–H groups in total. The molecule has 0 radical (unpaired) electrons. The van der Waals surface area contributed by atoms with Crippen LogP contribution in [0.25, 0.3) is 0 Å². The normalized spacial score (nSPS) is 10.3. The third kappa shape index (κ3) is 2.79. The van der Waals surface area contributed by atoms with E-state index in [1.54, 1.807) is 18.2 Å². The number of halogens is 1. The number of anilines is 2. The monoisotopic (exact) mass is 318 g/mol. The Kier molecular flexibility index (Phi) is 3.90. The molecular weight excluding hydrogens is 304 g/mol. The SMILES string of the molecule is Cc1cccc(C)c1NC(=O)c1cccc(N)c1Br. The van der Waals surface area contributed by atoms with Gasteiger partial charge in [0.25, 0.3) is 5.91 Å². The summed E-state index contributed by atoms with van der Waals surface area (Å²) in [6.45, 7) is 3.94. The second-order valence-corrected chi connectivity index (χ2v) is 5.22. The summed E-state index contributed by atoms with van der Waals surface area (Å²) in [4.78, 5) is 12.3. The first-order valence-corrected chi connectivity index (χ1v) is 6.71. The molecule has 2 rings (SSSR count). The number of carbonyl (C=O) groups excluding carboxylic acids is 1. The van der Waals surface area contributed by atoms with Crippen LogP contribution in [-0.4, -0.2) is 5.91 Å². The minimum absolute atomic E-state index is 0.170. The summed E-state index contributed by atoms with van der Waals surface area (Å²) in [6.07, 6.45) is 0. The van der Waals surface area contributed by atoms with E-state index in [4.69, 9.17) is 5.73 Å². The van der Waals surface area contributed by atoms with Crippen molar-refractivity contribution in [1.82, 2.24) is 0 Å². The average Bonchev–Trinajstić information content (AvgIpc) is 2.37. The van der Waals surface area contributed by atoms with Crippen molar-refractivity contribution < 1.29 is 4.79 Å². The number of carbonyl (C=O) groups is 1. The Bertz CT molecular complexity index is 618. The van der Waals surface area contributed by atoms with Crippen LogP contribution in [0.15, 0.2) is 40.9 Å². The number of hydrogen-bond donors (Lipinski definition) is 2. The average molecular weight is 319 g/mol. The van der Waals surface area contributed by atoms with Gasteiger partial charge in [-0.3, -0.25) is 4.79 Å². The fraction of sp³-hybridized carbons (Fsp3) is 0.133. The van der Waals surface area contributed by atoms with Gasteiger partial charge in [0.05, 0.1) is 10.0 Å². The van der Waals surface area contributed by atoms with Crippen LogP contribution in [0.1, 0.15) is 21.5 Å². The van der Waals surface area contributed by atoms with E-state index in [0.29, 0.717) is 15.7 Å². The number of amides is 1. The van der Waals surface area contributed by atoms with Crippen molar-refractivity contribution in [2.75, 3.05) is 11.1 Å². The lowest BCUT2D eigenvalue weighted by Gasteiger charge is -2.12. The lowest BCUT2D eigenvalue weighted by Crippen LogP contribution is -2.14.